The number of urea groups is 1. The highest BCUT2D eigenvalue weighted by atomic mass is 16.5. The van der Waals surface area contributed by atoms with Gasteiger partial charge in [0.1, 0.15) is 0 Å². The largest absolute Gasteiger partial charge is 0.380 e. The van der Waals surface area contributed by atoms with Crippen LogP contribution in [0, 0.1) is 0 Å². The molecule has 0 spiro atoms. The van der Waals surface area contributed by atoms with Gasteiger partial charge in [0.05, 0.1) is 6.61 Å². The first-order valence-electron chi connectivity index (χ1n) is 7.02. The first kappa shape index (κ1) is 14.8. The van der Waals surface area contributed by atoms with Crippen LogP contribution < -0.4 is 10.6 Å². The molecule has 2 N–H and O–H groups in total. The average molecular weight is 277 g/mol. The Kier molecular flexibility index (Phi) is 5.38. The summed E-state index contributed by atoms with van der Waals surface area (Å²) in [5.74, 6) is 0. The molecule has 0 aromatic heterocycles. The third-order valence-electron chi connectivity index (χ3n) is 3.62. The van der Waals surface area contributed by atoms with Crippen LogP contribution in [0.2, 0.25) is 0 Å². The Labute approximate surface area is 120 Å². The highest BCUT2D eigenvalue weighted by Crippen LogP contribution is 2.16. The van der Waals surface area contributed by atoms with Gasteiger partial charge in [0.2, 0.25) is 0 Å². The number of benzene rings is 1. The van der Waals surface area contributed by atoms with Gasteiger partial charge in [-0.1, -0.05) is 18.2 Å². The summed E-state index contributed by atoms with van der Waals surface area (Å²) in [6.07, 6.45) is 2.01. The molecule has 0 radical (unpaired) electrons. The number of likely N-dealkylation sites (tertiary alicyclic amines) is 1. The summed E-state index contributed by atoms with van der Waals surface area (Å²) >= 11 is 0. The molecule has 20 heavy (non-hydrogen) atoms. The van der Waals surface area contributed by atoms with E-state index in [0.29, 0.717) is 6.61 Å². The Balaban J connectivity index is 1.88. The van der Waals surface area contributed by atoms with Crippen molar-refractivity contribution in [1.29, 1.82) is 0 Å². The molecule has 1 aromatic rings. The number of piperidine rings is 1. The van der Waals surface area contributed by atoms with E-state index in [1.807, 2.05) is 24.3 Å². The lowest BCUT2D eigenvalue weighted by Gasteiger charge is -2.29. The second kappa shape index (κ2) is 7.26. The fourth-order valence-corrected chi connectivity index (χ4v) is 2.42. The molecule has 0 aliphatic carbocycles. The second-order valence-corrected chi connectivity index (χ2v) is 5.27. The molecule has 0 atom stereocenters. The predicted octanol–water partition coefficient (Wildman–Crippen LogP) is 2.05. The highest BCUT2D eigenvalue weighted by molar-refractivity contribution is 5.90. The number of para-hydroxylation sites is 1. The maximum absolute atomic E-state index is 12.0. The lowest BCUT2D eigenvalue weighted by molar-refractivity contribution is 0.185. The molecule has 0 saturated carbocycles. The van der Waals surface area contributed by atoms with E-state index in [9.17, 15) is 4.79 Å². The van der Waals surface area contributed by atoms with E-state index in [2.05, 4.69) is 22.6 Å². The first-order valence-corrected chi connectivity index (χ1v) is 7.02. The van der Waals surface area contributed by atoms with Gasteiger partial charge in [0.25, 0.3) is 0 Å². The molecule has 0 unspecified atom stereocenters. The molecular weight excluding hydrogens is 254 g/mol. The molecular formula is C15H23N3O2. The number of carbonyl (C=O) groups excluding carboxylic acids is 1. The van der Waals surface area contributed by atoms with Crippen LogP contribution in [-0.2, 0) is 11.3 Å². The topological polar surface area (TPSA) is 53.6 Å². The van der Waals surface area contributed by atoms with Gasteiger partial charge < -0.3 is 20.3 Å². The van der Waals surface area contributed by atoms with E-state index in [4.69, 9.17) is 4.74 Å². The van der Waals surface area contributed by atoms with Crippen molar-refractivity contribution in [3.05, 3.63) is 29.8 Å². The zero-order valence-electron chi connectivity index (χ0n) is 12.2. The fourth-order valence-electron chi connectivity index (χ4n) is 2.42. The molecule has 0 bridgehead atoms. The van der Waals surface area contributed by atoms with Crippen LogP contribution in [0.25, 0.3) is 0 Å². The standard InChI is InChI=1S/C15H23N3O2/c1-18-9-7-13(8-10-18)16-15(19)17-14-6-4-3-5-12(14)11-20-2/h3-6,13H,7-11H2,1-2H3,(H2,16,17,19). The SMILES string of the molecule is COCc1ccccc1NC(=O)NC1CCN(C)CC1. The lowest BCUT2D eigenvalue weighted by atomic mass is 10.1. The van der Waals surface area contributed by atoms with E-state index in [-0.39, 0.29) is 12.1 Å². The minimum Gasteiger partial charge on any atom is -0.380 e. The van der Waals surface area contributed by atoms with Crippen molar-refractivity contribution in [3.63, 3.8) is 0 Å². The normalized spacial score (nSPS) is 16.9. The van der Waals surface area contributed by atoms with Crippen LogP contribution in [0.1, 0.15) is 18.4 Å². The quantitative estimate of drug-likeness (QED) is 0.885. The number of methoxy groups -OCH3 is 1. The maximum Gasteiger partial charge on any atom is 0.319 e. The van der Waals surface area contributed by atoms with Crippen molar-refractivity contribution >= 4 is 11.7 Å². The van der Waals surface area contributed by atoms with E-state index in [1.165, 1.54) is 0 Å². The first-order chi connectivity index (χ1) is 9.69. The summed E-state index contributed by atoms with van der Waals surface area (Å²) in [6, 6.07) is 7.82. The van der Waals surface area contributed by atoms with Gasteiger partial charge in [-0.15, -0.1) is 0 Å². The van der Waals surface area contributed by atoms with Crippen molar-refractivity contribution in [1.82, 2.24) is 10.2 Å². The van der Waals surface area contributed by atoms with E-state index in [1.54, 1.807) is 7.11 Å². The van der Waals surface area contributed by atoms with Crippen molar-refractivity contribution in [2.45, 2.75) is 25.5 Å². The van der Waals surface area contributed by atoms with Gasteiger partial charge in [-0.25, -0.2) is 4.79 Å². The fraction of sp³-hybridized carbons (Fsp3) is 0.533. The zero-order chi connectivity index (χ0) is 14.4. The van der Waals surface area contributed by atoms with Crippen molar-refractivity contribution in [2.75, 3.05) is 32.6 Å². The second-order valence-electron chi connectivity index (χ2n) is 5.27. The van der Waals surface area contributed by atoms with Gasteiger partial charge in [-0.05, 0) is 39.0 Å². The number of hydrogen-bond acceptors (Lipinski definition) is 3. The number of nitrogens with one attached hydrogen (secondary N) is 2. The summed E-state index contributed by atoms with van der Waals surface area (Å²) in [4.78, 5) is 14.3. The highest BCUT2D eigenvalue weighted by Gasteiger charge is 2.18. The molecule has 1 fully saturated rings. The molecule has 1 aliphatic heterocycles. The van der Waals surface area contributed by atoms with E-state index >= 15 is 0 Å². The Bertz CT molecular complexity index is 442. The van der Waals surface area contributed by atoms with Crippen LogP contribution in [0.5, 0.6) is 0 Å². The Morgan fingerprint density at radius 3 is 2.75 bits per heavy atom. The third-order valence-corrected chi connectivity index (χ3v) is 3.62. The number of nitrogens with zero attached hydrogens (tertiary/aromatic N) is 1. The number of rotatable bonds is 4. The van der Waals surface area contributed by atoms with Crippen LogP contribution in [0.15, 0.2) is 24.3 Å². The summed E-state index contributed by atoms with van der Waals surface area (Å²) in [5, 5.41) is 5.95. The molecule has 1 aliphatic rings. The number of carbonyl (C=O) groups is 1. The third kappa shape index (κ3) is 4.21. The summed E-state index contributed by atoms with van der Waals surface area (Å²) in [7, 11) is 3.76. The van der Waals surface area contributed by atoms with Gasteiger partial charge >= 0.3 is 6.03 Å². The molecule has 2 amide bonds. The Morgan fingerprint density at radius 2 is 2.05 bits per heavy atom. The number of hydrogen-bond donors (Lipinski definition) is 2. The number of amides is 2. The van der Waals surface area contributed by atoms with Gasteiger partial charge in [-0.2, -0.15) is 0 Å². The zero-order valence-corrected chi connectivity index (χ0v) is 12.2. The Hall–Kier alpha value is -1.59. The van der Waals surface area contributed by atoms with Gasteiger partial charge in [-0.3, -0.25) is 0 Å². The van der Waals surface area contributed by atoms with E-state index < -0.39 is 0 Å². The molecule has 1 heterocycles. The molecule has 1 aromatic carbocycles. The average Bonchev–Trinajstić information content (AvgIpc) is 2.44. The smallest absolute Gasteiger partial charge is 0.319 e. The molecule has 110 valence electrons. The summed E-state index contributed by atoms with van der Waals surface area (Å²) < 4.78 is 5.13. The van der Waals surface area contributed by atoms with Crippen molar-refractivity contribution < 1.29 is 9.53 Å². The maximum atomic E-state index is 12.0. The van der Waals surface area contributed by atoms with Crippen molar-refractivity contribution in [3.8, 4) is 0 Å². The van der Waals surface area contributed by atoms with Crippen LogP contribution in [0.3, 0.4) is 0 Å². The van der Waals surface area contributed by atoms with Crippen LogP contribution in [-0.4, -0.2) is 44.2 Å². The van der Waals surface area contributed by atoms with Crippen molar-refractivity contribution in [2.24, 2.45) is 0 Å². The van der Waals surface area contributed by atoms with Crippen LogP contribution >= 0.6 is 0 Å². The molecule has 1 saturated heterocycles. The lowest BCUT2D eigenvalue weighted by Crippen LogP contribution is -2.44. The number of ether oxygens (including phenoxy) is 1. The number of anilines is 1. The Morgan fingerprint density at radius 1 is 1.35 bits per heavy atom. The summed E-state index contributed by atoms with van der Waals surface area (Å²) in [6.45, 7) is 2.56. The molecule has 2 rings (SSSR count). The van der Waals surface area contributed by atoms with E-state index in [0.717, 1.165) is 37.2 Å². The van der Waals surface area contributed by atoms with Gasteiger partial charge in [0, 0.05) is 24.4 Å². The monoisotopic (exact) mass is 277 g/mol. The van der Waals surface area contributed by atoms with Gasteiger partial charge in [0.15, 0.2) is 0 Å². The summed E-state index contributed by atoms with van der Waals surface area (Å²) in [5.41, 5.74) is 1.79. The molecule has 5 nitrogen and oxygen atoms in total. The minimum absolute atomic E-state index is 0.136. The van der Waals surface area contributed by atoms with Crippen LogP contribution in [0.4, 0.5) is 10.5 Å². The predicted molar refractivity (Wildman–Crippen MR) is 79.8 cm³/mol. The molecule has 5 heteroatoms. The minimum atomic E-state index is -0.136.